The maximum Gasteiger partial charge on any atom is 0.0409 e. The highest BCUT2D eigenvalue weighted by molar-refractivity contribution is 6.30. The molecule has 0 bridgehead atoms. The van der Waals surface area contributed by atoms with E-state index in [1.165, 1.54) is 24.8 Å². The van der Waals surface area contributed by atoms with E-state index in [1.807, 2.05) is 12.1 Å². The number of nitrogens with one attached hydrogen (secondary N) is 1. The summed E-state index contributed by atoms with van der Waals surface area (Å²) in [5.74, 6) is 0. The average molecular weight is 267 g/mol. The fourth-order valence-electron chi connectivity index (χ4n) is 2.84. The second-order valence-electron chi connectivity index (χ2n) is 5.31. The van der Waals surface area contributed by atoms with E-state index in [0.29, 0.717) is 18.1 Å². The highest BCUT2D eigenvalue weighted by atomic mass is 35.5. The van der Waals surface area contributed by atoms with Gasteiger partial charge in [0, 0.05) is 23.1 Å². The highest BCUT2D eigenvalue weighted by Gasteiger charge is 2.21. The Labute approximate surface area is 115 Å². The zero-order chi connectivity index (χ0) is 13.0. The molecule has 0 amide bonds. The van der Waals surface area contributed by atoms with Crippen molar-refractivity contribution >= 4 is 11.6 Å². The maximum atomic E-state index is 6.06. The summed E-state index contributed by atoms with van der Waals surface area (Å²) in [5, 5.41) is 4.55. The van der Waals surface area contributed by atoms with Crippen molar-refractivity contribution in [2.24, 2.45) is 5.73 Å². The van der Waals surface area contributed by atoms with Crippen LogP contribution in [0.15, 0.2) is 24.3 Å². The van der Waals surface area contributed by atoms with Crippen LogP contribution in [-0.4, -0.2) is 12.1 Å². The molecule has 0 aromatic heterocycles. The van der Waals surface area contributed by atoms with Crippen LogP contribution in [-0.2, 0) is 0 Å². The Morgan fingerprint density at radius 3 is 2.94 bits per heavy atom. The van der Waals surface area contributed by atoms with Gasteiger partial charge in [-0.2, -0.15) is 0 Å². The lowest BCUT2D eigenvalue weighted by atomic mass is 9.90. The zero-order valence-corrected chi connectivity index (χ0v) is 11.8. The Morgan fingerprint density at radius 1 is 1.44 bits per heavy atom. The van der Waals surface area contributed by atoms with Gasteiger partial charge in [0.25, 0.3) is 0 Å². The monoisotopic (exact) mass is 266 g/mol. The van der Waals surface area contributed by atoms with E-state index in [-0.39, 0.29) is 0 Å². The van der Waals surface area contributed by atoms with Crippen molar-refractivity contribution in [2.75, 3.05) is 0 Å². The molecule has 1 saturated carbocycles. The molecule has 2 nitrogen and oxygen atoms in total. The molecule has 3 unspecified atom stereocenters. The molecule has 1 aliphatic carbocycles. The third kappa shape index (κ3) is 3.71. The molecule has 0 aliphatic heterocycles. The first-order valence-corrected chi connectivity index (χ1v) is 7.34. The van der Waals surface area contributed by atoms with Crippen molar-refractivity contribution in [3.8, 4) is 0 Å². The first-order chi connectivity index (χ1) is 8.69. The second-order valence-corrected chi connectivity index (χ2v) is 5.74. The molecule has 18 heavy (non-hydrogen) atoms. The molecule has 100 valence electrons. The minimum absolute atomic E-state index is 0.369. The third-order valence-electron chi connectivity index (χ3n) is 3.81. The Hall–Kier alpha value is -0.570. The van der Waals surface area contributed by atoms with E-state index in [1.54, 1.807) is 0 Å². The van der Waals surface area contributed by atoms with Crippen LogP contribution in [0.3, 0.4) is 0 Å². The summed E-state index contributed by atoms with van der Waals surface area (Å²) >= 11 is 6.06. The minimum atomic E-state index is 0.369. The SMILES string of the molecule is CCC(NC1CCCC(N)C1)c1cccc(Cl)c1. The smallest absolute Gasteiger partial charge is 0.0409 e. The molecule has 1 aromatic rings. The standard InChI is InChI=1S/C15H23ClN2/c1-2-15(11-5-3-6-12(16)9-11)18-14-8-4-7-13(17)10-14/h3,5-6,9,13-15,18H,2,4,7-8,10,17H2,1H3. The molecule has 1 aliphatic rings. The van der Waals surface area contributed by atoms with Gasteiger partial charge in [0.2, 0.25) is 0 Å². The summed E-state index contributed by atoms with van der Waals surface area (Å²) in [5.41, 5.74) is 7.33. The first kappa shape index (κ1) is 13.9. The van der Waals surface area contributed by atoms with Gasteiger partial charge in [-0.25, -0.2) is 0 Å². The Morgan fingerprint density at radius 2 is 2.28 bits per heavy atom. The zero-order valence-electron chi connectivity index (χ0n) is 11.0. The predicted octanol–water partition coefficient (Wildman–Crippen LogP) is 3.65. The molecule has 2 rings (SSSR count). The van der Waals surface area contributed by atoms with Crippen LogP contribution in [0, 0.1) is 0 Å². The summed E-state index contributed by atoms with van der Waals surface area (Å²) in [6.45, 7) is 2.21. The van der Waals surface area contributed by atoms with Gasteiger partial charge >= 0.3 is 0 Å². The van der Waals surface area contributed by atoms with E-state index in [0.717, 1.165) is 17.9 Å². The topological polar surface area (TPSA) is 38.0 Å². The maximum absolute atomic E-state index is 6.06. The summed E-state index contributed by atoms with van der Waals surface area (Å²) in [6.07, 6.45) is 5.82. The largest absolute Gasteiger partial charge is 0.328 e. The Bertz CT molecular complexity index is 381. The van der Waals surface area contributed by atoms with Crippen LogP contribution in [0.4, 0.5) is 0 Å². The predicted molar refractivity (Wildman–Crippen MR) is 77.9 cm³/mol. The number of rotatable bonds is 4. The van der Waals surface area contributed by atoms with Crippen molar-refractivity contribution in [3.63, 3.8) is 0 Å². The van der Waals surface area contributed by atoms with Gasteiger partial charge in [0.1, 0.15) is 0 Å². The average Bonchev–Trinajstić information content (AvgIpc) is 2.36. The number of halogens is 1. The van der Waals surface area contributed by atoms with Gasteiger partial charge in [0.15, 0.2) is 0 Å². The van der Waals surface area contributed by atoms with E-state index in [9.17, 15) is 0 Å². The van der Waals surface area contributed by atoms with Crippen LogP contribution < -0.4 is 11.1 Å². The number of hydrogen-bond donors (Lipinski definition) is 2. The van der Waals surface area contributed by atoms with E-state index in [2.05, 4.69) is 24.4 Å². The number of nitrogens with two attached hydrogens (primary N) is 1. The molecule has 0 spiro atoms. The summed E-state index contributed by atoms with van der Waals surface area (Å²) in [7, 11) is 0. The molecule has 3 heteroatoms. The van der Waals surface area contributed by atoms with Crippen LogP contribution in [0.25, 0.3) is 0 Å². The fraction of sp³-hybridized carbons (Fsp3) is 0.600. The normalized spacial score (nSPS) is 25.9. The van der Waals surface area contributed by atoms with Crippen molar-refractivity contribution in [1.29, 1.82) is 0 Å². The van der Waals surface area contributed by atoms with E-state index >= 15 is 0 Å². The Balaban J connectivity index is 2.00. The number of hydrogen-bond acceptors (Lipinski definition) is 2. The van der Waals surface area contributed by atoms with Crippen molar-refractivity contribution in [2.45, 2.75) is 57.2 Å². The lowest BCUT2D eigenvalue weighted by Gasteiger charge is -2.31. The van der Waals surface area contributed by atoms with Gasteiger partial charge in [-0.3, -0.25) is 0 Å². The third-order valence-corrected chi connectivity index (χ3v) is 4.05. The molecule has 1 aromatic carbocycles. The van der Waals surface area contributed by atoms with Crippen LogP contribution in [0.2, 0.25) is 5.02 Å². The molecule has 3 atom stereocenters. The highest BCUT2D eigenvalue weighted by Crippen LogP contribution is 2.24. The van der Waals surface area contributed by atoms with Gasteiger partial charge in [-0.1, -0.05) is 37.1 Å². The first-order valence-electron chi connectivity index (χ1n) is 6.96. The minimum Gasteiger partial charge on any atom is -0.328 e. The summed E-state index contributed by atoms with van der Waals surface area (Å²) < 4.78 is 0. The Kier molecular flexibility index (Phi) is 5.04. The van der Waals surface area contributed by atoms with Gasteiger partial charge in [0.05, 0.1) is 0 Å². The molecular formula is C15H23ClN2. The van der Waals surface area contributed by atoms with Crippen molar-refractivity contribution < 1.29 is 0 Å². The van der Waals surface area contributed by atoms with E-state index in [4.69, 9.17) is 17.3 Å². The molecule has 0 heterocycles. The van der Waals surface area contributed by atoms with Gasteiger partial charge in [-0.05, 0) is 43.4 Å². The van der Waals surface area contributed by atoms with Crippen LogP contribution in [0.1, 0.15) is 50.6 Å². The lowest BCUT2D eigenvalue weighted by molar-refractivity contribution is 0.309. The molecule has 1 fully saturated rings. The van der Waals surface area contributed by atoms with Crippen LogP contribution in [0.5, 0.6) is 0 Å². The molecular weight excluding hydrogens is 244 g/mol. The second kappa shape index (κ2) is 6.55. The lowest BCUT2D eigenvalue weighted by Crippen LogP contribution is -2.40. The summed E-state index contributed by atoms with van der Waals surface area (Å²) in [4.78, 5) is 0. The summed E-state index contributed by atoms with van der Waals surface area (Å²) in [6, 6.07) is 9.47. The van der Waals surface area contributed by atoms with Crippen molar-refractivity contribution in [3.05, 3.63) is 34.9 Å². The van der Waals surface area contributed by atoms with Crippen LogP contribution >= 0.6 is 11.6 Å². The van der Waals surface area contributed by atoms with Crippen molar-refractivity contribution in [1.82, 2.24) is 5.32 Å². The molecule has 0 saturated heterocycles. The molecule has 3 N–H and O–H groups in total. The van der Waals surface area contributed by atoms with E-state index < -0.39 is 0 Å². The fourth-order valence-corrected chi connectivity index (χ4v) is 3.04. The van der Waals surface area contributed by atoms with Gasteiger partial charge in [-0.15, -0.1) is 0 Å². The quantitative estimate of drug-likeness (QED) is 0.873. The molecule has 0 radical (unpaired) electrons. The number of benzene rings is 1. The van der Waals surface area contributed by atoms with Gasteiger partial charge < -0.3 is 11.1 Å².